The first-order chi connectivity index (χ1) is 9.47. The van der Waals surface area contributed by atoms with Crippen molar-refractivity contribution in [3.05, 3.63) is 18.2 Å². The van der Waals surface area contributed by atoms with Crippen LogP contribution in [0.4, 0.5) is 11.4 Å². The molecule has 1 aromatic carbocycles. The largest absolute Gasteiger partial charge is 0.396 e. The molecule has 2 unspecified atom stereocenters. The molecule has 0 saturated carbocycles. The molecule has 0 aromatic heterocycles. The van der Waals surface area contributed by atoms with Gasteiger partial charge in [0.15, 0.2) is 9.84 Å². The number of nitrogens with zero attached hydrogens (tertiary/aromatic N) is 1. The van der Waals surface area contributed by atoms with Gasteiger partial charge in [0.1, 0.15) is 0 Å². The molecule has 0 aliphatic carbocycles. The molecule has 3 N–H and O–H groups in total. The van der Waals surface area contributed by atoms with Gasteiger partial charge < -0.3 is 11.1 Å². The van der Waals surface area contributed by atoms with Gasteiger partial charge >= 0.3 is 0 Å². The molecule has 2 saturated heterocycles. The predicted octanol–water partition coefficient (Wildman–Crippen LogP) is 1.32. The zero-order valence-electron chi connectivity index (χ0n) is 11.7. The Morgan fingerprint density at radius 3 is 2.85 bits per heavy atom. The van der Waals surface area contributed by atoms with Crippen LogP contribution in [-0.4, -0.2) is 44.7 Å². The second kappa shape index (κ2) is 4.93. The van der Waals surface area contributed by atoms with Crippen LogP contribution >= 0.6 is 0 Å². The van der Waals surface area contributed by atoms with Crippen molar-refractivity contribution < 1.29 is 8.42 Å². The van der Waals surface area contributed by atoms with Gasteiger partial charge in [0, 0.05) is 24.9 Å². The molecule has 0 bridgehead atoms. The Kier molecular flexibility index (Phi) is 3.38. The first kappa shape index (κ1) is 13.7. The maximum atomic E-state index is 11.7. The Labute approximate surface area is 120 Å². The van der Waals surface area contributed by atoms with Crippen LogP contribution in [0.5, 0.6) is 0 Å². The van der Waals surface area contributed by atoms with Crippen LogP contribution in [0.2, 0.25) is 0 Å². The summed E-state index contributed by atoms with van der Waals surface area (Å²) in [6.45, 7) is 2.30. The zero-order valence-corrected chi connectivity index (χ0v) is 12.5. The fourth-order valence-electron chi connectivity index (χ4n) is 3.44. The third-order valence-corrected chi connectivity index (χ3v) is 5.57. The average molecular weight is 295 g/mol. The molecule has 0 amide bonds. The van der Waals surface area contributed by atoms with Crippen molar-refractivity contribution in [1.82, 2.24) is 4.90 Å². The molecule has 5 nitrogen and oxygen atoms in total. The molecule has 2 aliphatic rings. The second-order valence-electron chi connectivity index (χ2n) is 5.77. The molecular formula is C14H21N3O2S. The minimum atomic E-state index is -3.28. The Balaban J connectivity index is 1.85. The molecule has 0 spiro atoms. The van der Waals surface area contributed by atoms with Crippen LogP contribution in [0, 0.1) is 0 Å². The highest BCUT2D eigenvalue weighted by atomic mass is 32.2. The van der Waals surface area contributed by atoms with Crippen molar-refractivity contribution in [2.45, 2.75) is 36.2 Å². The van der Waals surface area contributed by atoms with E-state index in [1.807, 2.05) is 6.07 Å². The lowest BCUT2D eigenvalue weighted by Gasteiger charge is -2.23. The number of para-hydroxylation sites is 1. The highest BCUT2D eigenvalue weighted by molar-refractivity contribution is 7.90. The topological polar surface area (TPSA) is 75.4 Å². The highest BCUT2D eigenvalue weighted by Crippen LogP contribution is 2.33. The summed E-state index contributed by atoms with van der Waals surface area (Å²) in [6, 6.07) is 6.11. The number of nitrogens with one attached hydrogen (secondary N) is 1. The number of anilines is 2. The lowest BCUT2D eigenvalue weighted by Crippen LogP contribution is -2.34. The van der Waals surface area contributed by atoms with E-state index in [4.69, 9.17) is 5.73 Å². The minimum Gasteiger partial charge on any atom is -0.396 e. The standard InChI is InChI=1S/C14H21N3O2S/c1-20(18,19)13-6-2-4-11(14(13)15)16-10-7-9-17-8-3-5-12(10)17/h2,4,6,10,12,16H,3,5,7-9,15H2,1H3. The van der Waals surface area contributed by atoms with Crippen LogP contribution in [0.1, 0.15) is 19.3 Å². The molecule has 2 aliphatic heterocycles. The molecule has 0 radical (unpaired) electrons. The van der Waals surface area contributed by atoms with Gasteiger partial charge in [0.05, 0.1) is 16.3 Å². The van der Waals surface area contributed by atoms with Crippen molar-refractivity contribution in [1.29, 1.82) is 0 Å². The van der Waals surface area contributed by atoms with Crippen LogP contribution in [0.15, 0.2) is 23.1 Å². The van der Waals surface area contributed by atoms with Gasteiger partial charge in [-0.25, -0.2) is 8.42 Å². The summed E-state index contributed by atoms with van der Waals surface area (Å²) < 4.78 is 23.4. The van der Waals surface area contributed by atoms with E-state index in [0.717, 1.165) is 18.7 Å². The van der Waals surface area contributed by atoms with E-state index < -0.39 is 9.84 Å². The van der Waals surface area contributed by atoms with Crippen molar-refractivity contribution in [3.8, 4) is 0 Å². The van der Waals surface area contributed by atoms with Crippen LogP contribution < -0.4 is 11.1 Å². The number of benzene rings is 1. The summed E-state index contributed by atoms with van der Waals surface area (Å²) in [5, 5.41) is 3.46. The van der Waals surface area contributed by atoms with Crippen molar-refractivity contribution in [2.75, 3.05) is 30.4 Å². The van der Waals surface area contributed by atoms with Gasteiger partial charge in [-0.1, -0.05) is 6.07 Å². The van der Waals surface area contributed by atoms with Crippen LogP contribution in [-0.2, 0) is 9.84 Å². The number of nitrogen functional groups attached to an aromatic ring is 1. The van der Waals surface area contributed by atoms with Gasteiger partial charge in [-0.3, -0.25) is 4.90 Å². The van der Waals surface area contributed by atoms with Crippen molar-refractivity contribution in [2.24, 2.45) is 0 Å². The minimum absolute atomic E-state index is 0.212. The fourth-order valence-corrected chi connectivity index (χ4v) is 4.28. The van der Waals surface area contributed by atoms with Gasteiger partial charge in [-0.05, 0) is 37.9 Å². The molecule has 2 fully saturated rings. The Hall–Kier alpha value is -1.27. The normalized spacial score (nSPS) is 26.6. The molecule has 3 rings (SSSR count). The van der Waals surface area contributed by atoms with E-state index in [-0.39, 0.29) is 4.90 Å². The lowest BCUT2D eigenvalue weighted by atomic mass is 10.1. The fraction of sp³-hybridized carbons (Fsp3) is 0.571. The second-order valence-corrected chi connectivity index (χ2v) is 7.76. The van der Waals surface area contributed by atoms with E-state index >= 15 is 0 Å². The summed E-state index contributed by atoms with van der Waals surface area (Å²) in [7, 11) is -3.28. The number of hydrogen-bond donors (Lipinski definition) is 2. The molecule has 1 aromatic rings. The van der Waals surface area contributed by atoms with Crippen molar-refractivity contribution >= 4 is 21.2 Å². The summed E-state index contributed by atoms with van der Waals surface area (Å²) in [5.41, 5.74) is 7.11. The van der Waals surface area contributed by atoms with Crippen LogP contribution in [0.3, 0.4) is 0 Å². The summed E-state index contributed by atoms with van der Waals surface area (Å²) in [4.78, 5) is 2.72. The third-order valence-electron chi connectivity index (χ3n) is 4.41. The molecule has 6 heteroatoms. The number of rotatable bonds is 3. The van der Waals surface area contributed by atoms with E-state index in [0.29, 0.717) is 17.8 Å². The maximum Gasteiger partial charge on any atom is 0.177 e. The van der Waals surface area contributed by atoms with Gasteiger partial charge in [0.25, 0.3) is 0 Å². The van der Waals surface area contributed by atoms with Gasteiger partial charge in [-0.15, -0.1) is 0 Å². The number of nitrogens with two attached hydrogens (primary N) is 1. The lowest BCUT2D eigenvalue weighted by molar-refractivity contribution is 0.318. The number of sulfone groups is 1. The third kappa shape index (κ3) is 2.38. The van der Waals surface area contributed by atoms with E-state index in [9.17, 15) is 8.42 Å². The molecule has 2 atom stereocenters. The molecule has 110 valence electrons. The smallest absolute Gasteiger partial charge is 0.177 e. The molecular weight excluding hydrogens is 274 g/mol. The summed E-state index contributed by atoms with van der Waals surface area (Å²) in [5.74, 6) is 0. The first-order valence-electron chi connectivity index (χ1n) is 7.06. The number of fused-ring (bicyclic) bond motifs is 1. The average Bonchev–Trinajstić information content (AvgIpc) is 2.95. The Bertz CT molecular complexity index is 615. The quantitative estimate of drug-likeness (QED) is 0.823. The van der Waals surface area contributed by atoms with Gasteiger partial charge in [-0.2, -0.15) is 0 Å². The number of hydrogen-bond acceptors (Lipinski definition) is 5. The summed E-state index contributed by atoms with van der Waals surface area (Å²) in [6.07, 6.45) is 4.75. The summed E-state index contributed by atoms with van der Waals surface area (Å²) >= 11 is 0. The van der Waals surface area contributed by atoms with Crippen LogP contribution in [0.25, 0.3) is 0 Å². The molecule has 20 heavy (non-hydrogen) atoms. The van der Waals surface area contributed by atoms with Crippen molar-refractivity contribution in [3.63, 3.8) is 0 Å². The Morgan fingerprint density at radius 1 is 1.30 bits per heavy atom. The zero-order chi connectivity index (χ0) is 14.3. The molecule has 2 heterocycles. The first-order valence-corrected chi connectivity index (χ1v) is 8.95. The van der Waals surface area contributed by atoms with E-state index in [1.54, 1.807) is 12.1 Å². The highest BCUT2D eigenvalue weighted by Gasteiger charge is 2.37. The van der Waals surface area contributed by atoms with E-state index in [1.165, 1.54) is 25.6 Å². The predicted molar refractivity (Wildman–Crippen MR) is 80.6 cm³/mol. The monoisotopic (exact) mass is 295 g/mol. The maximum absolute atomic E-state index is 11.7. The Morgan fingerprint density at radius 2 is 2.10 bits per heavy atom. The SMILES string of the molecule is CS(=O)(=O)c1cccc(NC2CCN3CCCC23)c1N. The van der Waals surface area contributed by atoms with Gasteiger partial charge in [0.2, 0.25) is 0 Å². The van der Waals surface area contributed by atoms with E-state index in [2.05, 4.69) is 10.2 Å².